The van der Waals surface area contributed by atoms with Crippen molar-refractivity contribution in [3.05, 3.63) is 63.7 Å². The lowest BCUT2D eigenvalue weighted by atomic mass is 10.1. The van der Waals surface area contributed by atoms with Gasteiger partial charge in [-0.25, -0.2) is 5.10 Å². The first-order valence-electron chi connectivity index (χ1n) is 10.0. The number of halogens is 1. The molecular formula is C21H18ClN7O2. The van der Waals surface area contributed by atoms with E-state index < -0.39 is 0 Å². The van der Waals surface area contributed by atoms with E-state index in [0.717, 1.165) is 23.8 Å². The van der Waals surface area contributed by atoms with Gasteiger partial charge in [0.1, 0.15) is 5.69 Å². The van der Waals surface area contributed by atoms with Crippen LogP contribution < -0.4 is 10.5 Å². The second kappa shape index (κ2) is 6.78. The van der Waals surface area contributed by atoms with Crippen molar-refractivity contribution in [2.45, 2.75) is 12.5 Å². The molecule has 0 radical (unpaired) electrons. The van der Waals surface area contributed by atoms with E-state index in [0.29, 0.717) is 34.0 Å². The fourth-order valence-electron chi connectivity index (χ4n) is 4.58. The second-order valence-electron chi connectivity index (χ2n) is 8.10. The number of nitrogens with zero attached hydrogens (tertiary/aromatic N) is 6. The van der Waals surface area contributed by atoms with E-state index in [-0.39, 0.29) is 11.6 Å². The van der Waals surface area contributed by atoms with Gasteiger partial charge in [-0.05, 0) is 30.4 Å². The Hall–Kier alpha value is -3.46. The van der Waals surface area contributed by atoms with Gasteiger partial charge in [0.2, 0.25) is 5.95 Å². The van der Waals surface area contributed by atoms with Gasteiger partial charge in [-0.1, -0.05) is 28.9 Å². The molecule has 1 aliphatic carbocycles. The SMILES string of the molecule is Cn1c(-c2cn[nH]c(=O)c2)nnc1N1C[C@H]2C[C@H]2[C@@H]1c1cc(-c2cccc(Cl)c2)on1. The molecule has 3 atom stereocenters. The molecule has 1 aliphatic heterocycles. The highest BCUT2D eigenvalue weighted by Crippen LogP contribution is 2.57. The summed E-state index contributed by atoms with van der Waals surface area (Å²) in [5.74, 6) is 3.14. The normalized spacial score (nSPS) is 22.0. The van der Waals surface area contributed by atoms with Crippen LogP contribution in [-0.4, -0.2) is 36.7 Å². The monoisotopic (exact) mass is 435 g/mol. The van der Waals surface area contributed by atoms with Crippen LogP contribution in [-0.2, 0) is 7.05 Å². The molecule has 4 heterocycles. The van der Waals surface area contributed by atoms with Crippen molar-refractivity contribution < 1.29 is 4.52 Å². The molecular weight excluding hydrogens is 418 g/mol. The zero-order valence-electron chi connectivity index (χ0n) is 16.6. The number of benzene rings is 1. The van der Waals surface area contributed by atoms with Gasteiger partial charge in [-0.15, -0.1) is 10.2 Å². The van der Waals surface area contributed by atoms with Gasteiger partial charge in [-0.3, -0.25) is 9.36 Å². The smallest absolute Gasteiger partial charge is 0.264 e. The van der Waals surface area contributed by atoms with Crippen LogP contribution in [0.3, 0.4) is 0 Å². The molecule has 0 spiro atoms. The van der Waals surface area contributed by atoms with Gasteiger partial charge in [0, 0.05) is 41.9 Å². The van der Waals surface area contributed by atoms with Crippen molar-refractivity contribution in [1.82, 2.24) is 30.1 Å². The predicted molar refractivity (Wildman–Crippen MR) is 113 cm³/mol. The molecule has 10 heteroatoms. The zero-order valence-corrected chi connectivity index (χ0v) is 17.3. The number of piperidine rings is 1. The average Bonchev–Trinajstić information content (AvgIpc) is 3.09. The topological polar surface area (TPSA) is 106 Å². The standard InChI is InChI=1S/C21H18ClN7O2/c1-28-20(12-7-18(30)24-23-9-12)25-26-21(28)29-10-13-6-15(13)19(29)16-8-17(31-27-16)11-3-2-4-14(22)5-11/h2-5,7-9,13,15,19H,6,10H2,1H3,(H,24,30)/t13-,15-,19-/m1/s1. The average molecular weight is 436 g/mol. The first kappa shape index (κ1) is 18.3. The van der Waals surface area contributed by atoms with Crippen LogP contribution in [0.4, 0.5) is 5.95 Å². The number of aromatic nitrogens is 6. The first-order chi connectivity index (χ1) is 15.1. The van der Waals surface area contributed by atoms with Gasteiger partial charge in [0.05, 0.1) is 12.2 Å². The molecule has 0 bridgehead atoms. The van der Waals surface area contributed by atoms with Gasteiger partial charge in [0.15, 0.2) is 11.6 Å². The number of hydrogen-bond donors (Lipinski definition) is 1. The Morgan fingerprint density at radius 3 is 2.94 bits per heavy atom. The Labute approximate surface area is 181 Å². The van der Waals surface area contributed by atoms with Gasteiger partial charge >= 0.3 is 0 Å². The van der Waals surface area contributed by atoms with Gasteiger partial charge in [-0.2, -0.15) is 5.10 Å². The van der Waals surface area contributed by atoms with Crippen LogP contribution in [0.5, 0.6) is 0 Å². The fraction of sp³-hybridized carbons (Fsp3) is 0.286. The minimum absolute atomic E-state index is 0.0646. The van der Waals surface area contributed by atoms with Crippen LogP contribution in [0.15, 0.2) is 51.9 Å². The van der Waals surface area contributed by atoms with Crippen LogP contribution in [0, 0.1) is 11.8 Å². The molecule has 1 N–H and O–H groups in total. The number of anilines is 1. The molecule has 1 saturated carbocycles. The third-order valence-electron chi connectivity index (χ3n) is 6.12. The molecule has 156 valence electrons. The Balaban J connectivity index is 1.35. The Kier molecular flexibility index (Phi) is 4.01. The van der Waals surface area contributed by atoms with E-state index in [1.54, 1.807) is 6.20 Å². The van der Waals surface area contributed by atoms with Gasteiger partial charge in [0.25, 0.3) is 5.56 Å². The number of aromatic amines is 1. The summed E-state index contributed by atoms with van der Waals surface area (Å²) < 4.78 is 7.56. The fourth-order valence-corrected chi connectivity index (χ4v) is 4.77. The van der Waals surface area contributed by atoms with Crippen LogP contribution in [0.1, 0.15) is 18.2 Å². The van der Waals surface area contributed by atoms with Crippen LogP contribution in [0.2, 0.25) is 5.02 Å². The molecule has 2 aliphatic rings. The van der Waals surface area contributed by atoms with Crippen molar-refractivity contribution in [3.63, 3.8) is 0 Å². The number of nitrogens with one attached hydrogen (secondary N) is 1. The molecule has 0 unspecified atom stereocenters. The Morgan fingerprint density at radius 1 is 1.19 bits per heavy atom. The van der Waals surface area contributed by atoms with Crippen molar-refractivity contribution in [2.75, 3.05) is 11.4 Å². The minimum Gasteiger partial charge on any atom is -0.356 e. The third kappa shape index (κ3) is 3.04. The van der Waals surface area contributed by atoms with E-state index in [1.807, 2.05) is 41.9 Å². The molecule has 31 heavy (non-hydrogen) atoms. The third-order valence-corrected chi connectivity index (χ3v) is 6.36. The number of H-pyrrole nitrogens is 1. The summed E-state index contributed by atoms with van der Waals surface area (Å²) >= 11 is 6.13. The van der Waals surface area contributed by atoms with E-state index in [9.17, 15) is 4.79 Å². The van der Waals surface area contributed by atoms with Crippen molar-refractivity contribution in [2.24, 2.45) is 18.9 Å². The van der Waals surface area contributed by atoms with Crippen LogP contribution >= 0.6 is 11.6 Å². The Morgan fingerprint density at radius 2 is 2.10 bits per heavy atom. The molecule has 1 aromatic carbocycles. The second-order valence-corrected chi connectivity index (χ2v) is 8.54. The van der Waals surface area contributed by atoms with Crippen molar-refractivity contribution in [3.8, 4) is 22.7 Å². The maximum Gasteiger partial charge on any atom is 0.264 e. The minimum atomic E-state index is -0.279. The molecule has 9 nitrogen and oxygen atoms in total. The molecule has 2 fully saturated rings. The van der Waals surface area contributed by atoms with Crippen molar-refractivity contribution >= 4 is 17.5 Å². The number of hydrogen-bond acceptors (Lipinski definition) is 7. The highest BCUT2D eigenvalue weighted by Gasteiger charge is 2.55. The molecule has 1 saturated heterocycles. The maximum absolute atomic E-state index is 11.7. The highest BCUT2D eigenvalue weighted by atomic mass is 35.5. The van der Waals surface area contributed by atoms with E-state index in [4.69, 9.17) is 16.1 Å². The first-order valence-corrected chi connectivity index (χ1v) is 10.4. The summed E-state index contributed by atoms with van der Waals surface area (Å²) in [5.41, 5.74) is 2.11. The summed E-state index contributed by atoms with van der Waals surface area (Å²) in [7, 11) is 1.90. The quantitative estimate of drug-likeness (QED) is 0.525. The maximum atomic E-state index is 11.7. The molecule has 4 aromatic rings. The number of rotatable bonds is 4. The summed E-state index contributed by atoms with van der Waals surface area (Å²) in [6.45, 7) is 0.883. The van der Waals surface area contributed by atoms with Crippen molar-refractivity contribution in [1.29, 1.82) is 0 Å². The van der Waals surface area contributed by atoms with E-state index in [1.165, 1.54) is 12.5 Å². The number of fused-ring (bicyclic) bond motifs is 1. The van der Waals surface area contributed by atoms with E-state index >= 15 is 0 Å². The largest absolute Gasteiger partial charge is 0.356 e. The molecule has 0 amide bonds. The van der Waals surface area contributed by atoms with E-state index in [2.05, 4.69) is 30.5 Å². The molecule has 3 aromatic heterocycles. The Bertz CT molecular complexity index is 1340. The summed E-state index contributed by atoms with van der Waals surface area (Å²) in [5, 5.41) is 20.0. The summed E-state index contributed by atoms with van der Waals surface area (Å²) in [6.07, 6.45) is 2.74. The highest BCUT2D eigenvalue weighted by molar-refractivity contribution is 6.30. The zero-order chi connectivity index (χ0) is 21.1. The lowest BCUT2D eigenvalue weighted by Gasteiger charge is -2.26. The summed E-state index contributed by atoms with van der Waals surface area (Å²) in [4.78, 5) is 13.9. The predicted octanol–water partition coefficient (Wildman–Crippen LogP) is 3.07. The molecule has 6 rings (SSSR count). The lowest BCUT2D eigenvalue weighted by Crippen LogP contribution is -2.29. The lowest BCUT2D eigenvalue weighted by molar-refractivity contribution is 0.411. The summed E-state index contributed by atoms with van der Waals surface area (Å²) in [6, 6.07) is 11.1. The van der Waals surface area contributed by atoms with Crippen LogP contribution in [0.25, 0.3) is 22.7 Å². The van der Waals surface area contributed by atoms with Gasteiger partial charge < -0.3 is 9.42 Å².